The molecule has 1 saturated heterocycles. The van der Waals surface area contributed by atoms with Crippen LogP contribution in [0.5, 0.6) is 0 Å². The summed E-state index contributed by atoms with van der Waals surface area (Å²) < 4.78 is 25.6. The van der Waals surface area contributed by atoms with Gasteiger partial charge in [0.05, 0.1) is 19.3 Å². The van der Waals surface area contributed by atoms with Crippen LogP contribution in [-0.4, -0.2) is 48.5 Å². The van der Waals surface area contributed by atoms with Crippen LogP contribution in [-0.2, 0) is 15.0 Å². The van der Waals surface area contributed by atoms with E-state index < -0.39 is 17.4 Å². The summed E-state index contributed by atoms with van der Waals surface area (Å²) in [7, 11) is 1.60. The third-order valence-electron chi connectivity index (χ3n) is 4.51. The van der Waals surface area contributed by atoms with E-state index in [2.05, 4.69) is 10.3 Å². The van der Waals surface area contributed by atoms with Crippen molar-refractivity contribution in [3.63, 3.8) is 0 Å². The Morgan fingerprint density at radius 1 is 1.64 bits per heavy atom. The summed E-state index contributed by atoms with van der Waals surface area (Å²) >= 11 is 1.31. The summed E-state index contributed by atoms with van der Waals surface area (Å²) in [4.78, 5) is 15.5. The lowest BCUT2D eigenvalue weighted by Crippen LogP contribution is -2.52. The zero-order chi connectivity index (χ0) is 18.0. The molecule has 2 aliphatic heterocycles. The van der Waals surface area contributed by atoms with Gasteiger partial charge in [0, 0.05) is 30.0 Å². The first-order chi connectivity index (χ1) is 11.9. The van der Waals surface area contributed by atoms with E-state index in [4.69, 9.17) is 20.3 Å². The van der Waals surface area contributed by atoms with Gasteiger partial charge in [-0.05, 0) is 24.6 Å². The number of ether oxygens (including phenoxy) is 2. The highest BCUT2D eigenvalue weighted by atomic mass is 32.2. The Kier molecular flexibility index (Phi) is 5.16. The van der Waals surface area contributed by atoms with Crippen LogP contribution in [0.2, 0.25) is 0 Å². The summed E-state index contributed by atoms with van der Waals surface area (Å²) in [6, 6.07) is 4.35. The summed E-state index contributed by atoms with van der Waals surface area (Å²) in [5.41, 5.74) is 5.60. The molecular weight excluding hydrogens is 349 g/mol. The van der Waals surface area contributed by atoms with Crippen molar-refractivity contribution in [3.05, 3.63) is 29.6 Å². The fraction of sp³-hybridized carbons (Fsp3) is 0.500. The summed E-state index contributed by atoms with van der Waals surface area (Å²) in [6.07, 6.45) is -0.669. The van der Waals surface area contributed by atoms with Crippen molar-refractivity contribution < 1.29 is 23.8 Å². The predicted octanol–water partition coefficient (Wildman–Crippen LogP) is 2.03. The van der Waals surface area contributed by atoms with Crippen molar-refractivity contribution in [1.29, 1.82) is 0 Å². The molecule has 1 fully saturated rings. The van der Waals surface area contributed by atoms with E-state index in [1.54, 1.807) is 13.2 Å². The molecule has 0 bridgehead atoms. The van der Waals surface area contributed by atoms with Crippen LogP contribution in [0.3, 0.4) is 0 Å². The third kappa shape index (κ3) is 3.58. The number of rotatable bonds is 3. The molecule has 25 heavy (non-hydrogen) atoms. The molecule has 0 saturated carbocycles. The predicted molar refractivity (Wildman–Crippen MR) is 93.3 cm³/mol. The second-order valence-corrected chi connectivity index (χ2v) is 7.15. The molecule has 2 aliphatic rings. The van der Waals surface area contributed by atoms with Crippen LogP contribution in [0.4, 0.5) is 14.9 Å². The number of methoxy groups -OCH3 is 1. The van der Waals surface area contributed by atoms with Gasteiger partial charge in [-0.25, -0.2) is 14.2 Å². The van der Waals surface area contributed by atoms with Crippen LogP contribution < -0.4 is 11.1 Å². The van der Waals surface area contributed by atoms with E-state index in [1.165, 1.54) is 23.9 Å². The van der Waals surface area contributed by atoms with Crippen LogP contribution in [0.15, 0.2) is 23.2 Å². The maximum atomic E-state index is 14.6. The molecule has 0 aromatic heterocycles. The highest BCUT2D eigenvalue weighted by Gasteiger charge is 2.49. The van der Waals surface area contributed by atoms with Gasteiger partial charge in [-0.3, -0.25) is 5.32 Å². The molecule has 9 heteroatoms. The van der Waals surface area contributed by atoms with Gasteiger partial charge in [-0.1, -0.05) is 11.8 Å². The van der Waals surface area contributed by atoms with Crippen LogP contribution >= 0.6 is 11.8 Å². The highest BCUT2D eigenvalue weighted by molar-refractivity contribution is 8.13. The second kappa shape index (κ2) is 7.19. The molecule has 0 spiro atoms. The Balaban J connectivity index is 2.04. The number of fused-ring (bicyclic) bond motifs is 1. The fourth-order valence-electron chi connectivity index (χ4n) is 3.36. The lowest BCUT2D eigenvalue weighted by molar-refractivity contribution is -0.0837. The minimum Gasteiger partial charge on any atom is -0.465 e. The Labute approximate surface area is 148 Å². The molecule has 0 unspecified atom stereocenters. The van der Waals surface area contributed by atoms with Gasteiger partial charge < -0.3 is 20.3 Å². The minimum absolute atomic E-state index is 0.0259. The SMILES string of the molecule is COC[C@H]1C[C@H]2CSC(NC(=O)O)=N[C@@]2(c2cc(N)ccc2F)CO1. The number of aliphatic imine (C=N–C) groups is 1. The number of amidine groups is 1. The number of nitrogens with zero attached hydrogens (tertiary/aromatic N) is 1. The van der Waals surface area contributed by atoms with Crippen LogP contribution in [0.25, 0.3) is 0 Å². The van der Waals surface area contributed by atoms with Crippen molar-refractivity contribution in [3.8, 4) is 0 Å². The zero-order valence-corrected chi connectivity index (χ0v) is 14.5. The van der Waals surface area contributed by atoms with E-state index in [1.807, 2.05) is 0 Å². The second-order valence-electron chi connectivity index (χ2n) is 6.14. The van der Waals surface area contributed by atoms with Gasteiger partial charge in [0.25, 0.3) is 0 Å². The smallest absolute Gasteiger partial charge is 0.410 e. The number of thioether (sulfide) groups is 1. The molecule has 136 valence electrons. The van der Waals surface area contributed by atoms with Crippen molar-refractivity contribution in [1.82, 2.24) is 5.32 Å². The molecule has 0 radical (unpaired) electrons. The monoisotopic (exact) mass is 369 g/mol. The van der Waals surface area contributed by atoms with Crippen molar-refractivity contribution in [2.45, 2.75) is 18.1 Å². The van der Waals surface area contributed by atoms with Gasteiger partial charge in [0.15, 0.2) is 5.17 Å². The maximum absolute atomic E-state index is 14.6. The number of anilines is 1. The van der Waals surface area contributed by atoms with Crippen LogP contribution in [0.1, 0.15) is 12.0 Å². The molecule has 2 heterocycles. The molecule has 7 nitrogen and oxygen atoms in total. The van der Waals surface area contributed by atoms with Crippen molar-refractivity contribution >= 4 is 28.7 Å². The van der Waals surface area contributed by atoms with Crippen LogP contribution in [0, 0.1) is 11.7 Å². The first kappa shape index (κ1) is 18.0. The van der Waals surface area contributed by atoms with E-state index in [-0.39, 0.29) is 23.8 Å². The lowest BCUT2D eigenvalue weighted by atomic mass is 9.75. The molecule has 1 aromatic carbocycles. The number of benzene rings is 1. The quantitative estimate of drug-likeness (QED) is 0.704. The van der Waals surface area contributed by atoms with E-state index in [0.717, 1.165) is 0 Å². The number of hydrogen-bond acceptors (Lipinski definition) is 6. The number of nitrogens with one attached hydrogen (secondary N) is 1. The topological polar surface area (TPSA) is 106 Å². The third-order valence-corrected chi connectivity index (χ3v) is 5.54. The Morgan fingerprint density at radius 2 is 2.44 bits per heavy atom. The maximum Gasteiger partial charge on any atom is 0.410 e. The highest BCUT2D eigenvalue weighted by Crippen LogP contribution is 2.47. The first-order valence-corrected chi connectivity index (χ1v) is 8.82. The number of carbonyl (C=O) groups is 1. The van der Waals surface area contributed by atoms with Gasteiger partial charge >= 0.3 is 6.09 Å². The fourth-order valence-corrected chi connectivity index (χ4v) is 4.51. The van der Waals surface area contributed by atoms with Gasteiger partial charge in [0.2, 0.25) is 0 Å². The number of carboxylic acid groups (broad SMARTS) is 1. The first-order valence-electron chi connectivity index (χ1n) is 7.83. The average molecular weight is 369 g/mol. The van der Waals surface area contributed by atoms with Gasteiger partial charge in [-0.15, -0.1) is 0 Å². The van der Waals surface area contributed by atoms with E-state index in [9.17, 15) is 9.18 Å². The van der Waals surface area contributed by atoms with Gasteiger partial charge in [0.1, 0.15) is 11.4 Å². The van der Waals surface area contributed by atoms with Gasteiger partial charge in [-0.2, -0.15) is 0 Å². The number of hydrogen-bond donors (Lipinski definition) is 3. The minimum atomic E-state index is -1.21. The number of amides is 1. The molecule has 1 amide bonds. The average Bonchev–Trinajstić information content (AvgIpc) is 2.57. The molecule has 4 N–H and O–H groups in total. The molecule has 0 aliphatic carbocycles. The summed E-state index contributed by atoms with van der Waals surface area (Å²) in [5.74, 6) is 0.136. The Hall–Kier alpha value is -1.84. The number of halogens is 1. The Morgan fingerprint density at radius 3 is 3.16 bits per heavy atom. The zero-order valence-electron chi connectivity index (χ0n) is 13.7. The standard InChI is InChI=1S/C16H20FN3O4S/c1-23-6-11-4-9-7-25-14(19-15(21)22)20-16(9,8-24-11)12-5-10(18)2-3-13(12)17/h2-3,5,9,11H,4,6-8,18H2,1H3,(H,19,20)(H,21,22)/t9-,11+,16-/m0/s1. The largest absolute Gasteiger partial charge is 0.465 e. The van der Waals surface area contributed by atoms with Crippen molar-refractivity contribution in [2.75, 3.05) is 31.8 Å². The number of nitrogens with two attached hydrogens (primary N) is 1. The lowest BCUT2D eigenvalue weighted by Gasteiger charge is -2.46. The Bertz CT molecular complexity index is 702. The molecule has 1 aromatic rings. The normalized spacial score (nSPS) is 28.8. The van der Waals surface area contributed by atoms with E-state index in [0.29, 0.717) is 30.0 Å². The van der Waals surface area contributed by atoms with Crippen molar-refractivity contribution in [2.24, 2.45) is 10.9 Å². The molecule has 3 atom stereocenters. The van der Waals surface area contributed by atoms with E-state index >= 15 is 0 Å². The summed E-state index contributed by atoms with van der Waals surface area (Å²) in [6.45, 7) is 0.581. The molecular formula is C16H20FN3O4S. The molecule has 3 rings (SSSR count). The number of nitrogen functional groups attached to an aromatic ring is 1. The summed E-state index contributed by atoms with van der Waals surface area (Å²) in [5, 5.41) is 11.5.